The highest BCUT2D eigenvalue weighted by Gasteiger charge is 2.30. The molecule has 0 radical (unpaired) electrons. The number of ether oxygens (including phenoxy) is 1. The molecule has 208 valence electrons. The van der Waals surface area contributed by atoms with Crippen LogP contribution in [0.25, 0.3) is 11.4 Å². The van der Waals surface area contributed by atoms with Crippen LogP contribution in [-0.2, 0) is 4.79 Å². The number of esters is 1. The van der Waals surface area contributed by atoms with Crippen molar-refractivity contribution in [2.24, 2.45) is 0 Å². The maximum atomic E-state index is 13.8. The third kappa shape index (κ3) is 5.96. The molecular weight excluding hydrogens is 565 g/mol. The average molecular weight is 581 g/mol. The SMILES string of the molecule is Cc1nc(-c2cccc(C(=O)NCCC(=O)Nc3nc(C)c(C(=O)Oc4c(F)c(F)c(F)c(F)c4F)s3)c2)no1. The Kier molecular flexibility index (Phi) is 8.18. The highest BCUT2D eigenvalue weighted by molar-refractivity contribution is 7.17. The van der Waals surface area contributed by atoms with Gasteiger partial charge in [-0.25, -0.2) is 22.9 Å². The molecule has 0 bridgehead atoms. The number of thiazole rings is 1. The number of hydrogen-bond donors (Lipinski definition) is 2. The van der Waals surface area contributed by atoms with Gasteiger partial charge in [-0.3, -0.25) is 9.59 Å². The normalized spacial score (nSPS) is 10.9. The number of carbonyl (C=O) groups excluding carboxylic acids is 3. The van der Waals surface area contributed by atoms with E-state index in [1.54, 1.807) is 31.2 Å². The van der Waals surface area contributed by atoms with Crippen LogP contribution in [0.15, 0.2) is 28.8 Å². The largest absolute Gasteiger partial charge is 0.416 e. The standard InChI is InChI=1S/C24H16F5N5O5S/c1-9-20(23(37)38-19-17(28)15(26)14(25)16(27)18(19)29)40-24(31-9)33-13(35)6-7-30-22(36)12-5-3-4-11(8-12)21-32-10(2)39-34-21/h3-5,8H,6-7H2,1-2H3,(H,30,36)(H,31,33,35). The number of amides is 2. The molecule has 2 N–H and O–H groups in total. The summed E-state index contributed by atoms with van der Waals surface area (Å²) in [6.45, 7) is 2.85. The maximum Gasteiger partial charge on any atom is 0.355 e. The third-order valence-electron chi connectivity index (χ3n) is 5.14. The number of hydrogen-bond acceptors (Lipinski definition) is 9. The first-order chi connectivity index (χ1) is 19.0. The van der Waals surface area contributed by atoms with Gasteiger partial charge in [0.2, 0.25) is 52.5 Å². The van der Waals surface area contributed by atoms with E-state index in [2.05, 4.69) is 30.5 Å². The zero-order chi connectivity index (χ0) is 29.1. The van der Waals surface area contributed by atoms with Crippen molar-refractivity contribution in [1.82, 2.24) is 20.4 Å². The fraction of sp³-hybridized carbons (Fsp3) is 0.167. The Morgan fingerprint density at radius 1 is 0.975 bits per heavy atom. The highest BCUT2D eigenvalue weighted by atomic mass is 32.1. The number of benzene rings is 2. The molecule has 2 aromatic carbocycles. The van der Waals surface area contributed by atoms with Crippen LogP contribution in [0.3, 0.4) is 0 Å². The van der Waals surface area contributed by atoms with Crippen LogP contribution in [0.1, 0.15) is 38.0 Å². The molecule has 0 saturated carbocycles. The molecule has 0 fully saturated rings. The van der Waals surface area contributed by atoms with Crippen LogP contribution in [-0.4, -0.2) is 39.5 Å². The number of halogens is 5. The van der Waals surface area contributed by atoms with Crippen molar-refractivity contribution in [2.45, 2.75) is 20.3 Å². The molecular formula is C24H16F5N5O5S. The minimum absolute atomic E-state index is 0.0425. The predicted octanol–water partition coefficient (Wildman–Crippen LogP) is 4.48. The first-order valence-corrected chi connectivity index (χ1v) is 12.0. The van der Waals surface area contributed by atoms with Crippen molar-refractivity contribution < 1.29 is 45.6 Å². The zero-order valence-electron chi connectivity index (χ0n) is 20.4. The summed E-state index contributed by atoms with van der Waals surface area (Å²) in [7, 11) is 0. The van der Waals surface area contributed by atoms with Crippen molar-refractivity contribution in [2.75, 3.05) is 11.9 Å². The van der Waals surface area contributed by atoms with Gasteiger partial charge in [0.1, 0.15) is 4.88 Å². The molecule has 2 amide bonds. The van der Waals surface area contributed by atoms with Crippen LogP contribution >= 0.6 is 11.3 Å². The molecule has 4 aromatic rings. The van der Waals surface area contributed by atoms with E-state index in [0.717, 1.165) is 0 Å². The van der Waals surface area contributed by atoms with Crippen LogP contribution in [0.2, 0.25) is 0 Å². The lowest BCUT2D eigenvalue weighted by Gasteiger charge is -2.08. The second-order valence-electron chi connectivity index (χ2n) is 7.99. The van der Waals surface area contributed by atoms with E-state index >= 15 is 0 Å². The third-order valence-corrected chi connectivity index (χ3v) is 6.19. The van der Waals surface area contributed by atoms with Gasteiger partial charge in [0.25, 0.3) is 5.91 Å². The van der Waals surface area contributed by atoms with Gasteiger partial charge in [-0.05, 0) is 19.1 Å². The Morgan fingerprint density at radius 2 is 1.65 bits per heavy atom. The number of rotatable bonds is 8. The molecule has 16 heteroatoms. The Morgan fingerprint density at radius 3 is 2.30 bits per heavy atom. The first kappa shape index (κ1) is 28.3. The van der Waals surface area contributed by atoms with E-state index in [1.807, 2.05) is 0 Å². The molecule has 0 aliphatic heterocycles. The van der Waals surface area contributed by atoms with Gasteiger partial charge in [-0.1, -0.05) is 28.6 Å². The molecule has 0 saturated heterocycles. The number of nitrogens with zero attached hydrogens (tertiary/aromatic N) is 3. The van der Waals surface area contributed by atoms with E-state index in [0.29, 0.717) is 28.6 Å². The van der Waals surface area contributed by atoms with E-state index in [9.17, 15) is 36.3 Å². The molecule has 4 rings (SSSR count). The summed E-state index contributed by atoms with van der Waals surface area (Å²) in [4.78, 5) is 44.8. The highest BCUT2D eigenvalue weighted by Crippen LogP contribution is 2.31. The summed E-state index contributed by atoms with van der Waals surface area (Å²) >= 11 is 0.545. The molecule has 0 unspecified atom stereocenters. The van der Waals surface area contributed by atoms with Gasteiger partial charge in [-0.15, -0.1) is 0 Å². The van der Waals surface area contributed by atoms with Gasteiger partial charge in [0, 0.05) is 31.0 Å². The number of aryl methyl sites for hydroxylation is 2. The minimum Gasteiger partial charge on any atom is -0.416 e. The van der Waals surface area contributed by atoms with Crippen molar-refractivity contribution >= 4 is 34.3 Å². The number of carbonyl (C=O) groups is 3. The summed E-state index contributed by atoms with van der Waals surface area (Å²) in [5, 5.41) is 8.63. The lowest BCUT2D eigenvalue weighted by atomic mass is 10.1. The molecule has 0 atom stereocenters. The Hall–Kier alpha value is -4.73. The van der Waals surface area contributed by atoms with E-state index in [-0.39, 0.29) is 34.2 Å². The maximum absolute atomic E-state index is 13.8. The van der Waals surface area contributed by atoms with E-state index in [1.165, 1.54) is 6.92 Å². The molecule has 40 heavy (non-hydrogen) atoms. The summed E-state index contributed by atoms with van der Waals surface area (Å²) in [5.41, 5.74) is 0.794. The molecule has 0 aliphatic rings. The molecule has 10 nitrogen and oxygen atoms in total. The minimum atomic E-state index is -2.41. The lowest BCUT2D eigenvalue weighted by Crippen LogP contribution is -2.27. The topological polar surface area (TPSA) is 136 Å². The lowest BCUT2D eigenvalue weighted by molar-refractivity contribution is -0.116. The monoisotopic (exact) mass is 581 g/mol. The Bertz CT molecular complexity index is 1610. The van der Waals surface area contributed by atoms with Gasteiger partial charge < -0.3 is 19.9 Å². The second-order valence-corrected chi connectivity index (χ2v) is 8.99. The fourth-order valence-electron chi connectivity index (χ4n) is 3.24. The van der Waals surface area contributed by atoms with Crippen LogP contribution < -0.4 is 15.4 Å². The number of nitrogens with one attached hydrogen (secondary N) is 2. The van der Waals surface area contributed by atoms with Crippen LogP contribution in [0, 0.1) is 42.9 Å². The van der Waals surface area contributed by atoms with Crippen LogP contribution in [0.4, 0.5) is 27.1 Å². The molecule has 2 aromatic heterocycles. The quantitative estimate of drug-likeness (QED) is 0.102. The Labute approximate surface area is 225 Å². The Balaban J connectivity index is 1.33. The van der Waals surface area contributed by atoms with Gasteiger partial charge in [-0.2, -0.15) is 13.8 Å². The number of anilines is 1. The van der Waals surface area contributed by atoms with E-state index in [4.69, 9.17) is 4.52 Å². The summed E-state index contributed by atoms with van der Waals surface area (Å²) in [5.74, 6) is -15.2. The van der Waals surface area contributed by atoms with Gasteiger partial charge >= 0.3 is 5.97 Å². The summed E-state index contributed by atoms with van der Waals surface area (Å²) in [6.07, 6.45) is -0.196. The summed E-state index contributed by atoms with van der Waals surface area (Å²) < 4.78 is 76.9. The molecule has 0 spiro atoms. The smallest absolute Gasteiger partial charge is 0.355 e. The molecule has 0 aliphatic carbocycles. The fourth-order valence-corrected chi connectivity index (χ4v) is 4.10. The van der Waals surface area contributed by atoms with Crippen molar-refractivity contribution in [3.8, 4) is 17.1 Å². The average Bonchev–Trinajstić information content (AvgIpc) is 3.53. The van der Waals surface area contributed by atoms with Crippen LogP contribution in [0.5, 0.6) is 5.75 Å². The second kappa shape index (κ2) is 11.6. The first-order valence-electron chi connectivity index (χ1n) is 11.2. The van der Waals surface area contributed by atoms with Gasteiger partial charge in [0.05, 0.1) is 5.69 Å². The number of aromatic nitrogens is 3. The summed E-state index contributed by atoms with van der Waals surface area (Å²) in [6, 6.07) is 6.42. The van der Waals surface area contributed by atoms with Crippen molar-refractivity contribution in [1.29, 1.82) is 0 Å². The zero-order valence-corrected chi connectivity index (χ0v) is 21.2. The van der Waals surface area contributed by atoms with Gasteiger partial charge in [0.15, 0.2) is 5.13 Å². The predicted molar refractivity (Wildman–Crippen MR) is 128 cm³/mol. The van der Waals surface area contributed by atoms with Crippen molar-refractivity contribution in [3.63, 3.8) is 0 Å². The molecule has 2 heterocycles. The van der Waals surface area contributed by atoms with Crippen molar-refractivity contribution in [3.05, 3.63) is 75.4 Å². The van der Waals surface area contributed by atoms with E-state index < -0.39 is 52.6 Å².